The summed E-state index contributed by atoms with van der Waals surface area (Å²) in [5.41, 5.74) is -5.45. The molecule has 4 aliphatic rings. The summed E-state index contributed by atoms with van der Waals surface area (Å²) in [5, 5.41) is 13.1. The lowest BCUT2D eigenvalue weighted by Crippen LogP contribution is -2.78. The van der Waals surface area contributed by atoms with E-state index in [-0.39, 0.29) is 25.0 Å². The number of carbonyl (C=O) groups is 5. The maximum atomic E-state index is 13.9. The third-order valence-electron chi connectivity index (χ3n) is 10.6. The number of carbonyl (C=O) groups excluding carboxylic acids is 5. The summed E-state index contributed by atoms with van der Waals surface area (Å²) in [6, 6.07) is 8.17. The van der Waals surface area contributed by atoms with Gasteiger partial charge in [0.15, 0.2) is 5.60 Å². The van der Waals surface area contributed by atoms with Crippen molar-refractivity contribution in [2.24, 2.45) is 22.7 Å². The molecule has 3 fully saturated rings. The summed E-state index contributed by atoms with van der Waals surface area (Å²) >= 11 is 0. The fraction of sp³-hybridized carbons (Fsp3) is 0.606. The van der Waals surface area contributed by atoms with Gasteiger partial charge in [0.2, 0.25) is 0 Å². The quantitative estimate of drug-likeness (QED) is 0.218. The van der Waals surface area contributed by atoms with Gasteiger partial charge in [-0.1, -0.05) is 39.0 Å². The molecule has 1 aromatic carbocycles. The van der Waals surface area contributed by atoms with Crippen molar-refractivity contribution in [3.8, 4) is 0 Å². The van der Waals surface area contributed by atoms with Crippen molar-refractivity contribution < 1.29 is 52.8 Å². The van der Waals surface area contributed by atoms with Crippen molar-refractivity contribution >= 4 is 30.2 Å². The van der Waals surface area contributed by atoms with Crippen molar-refractivity contribution in [1.82, 2.24) is 0 Å². The molecule has 0 spiro atoms. The van der Waals surface area contributed by atoms with E-state index in [0.29, 0.717) is 17.4 Å². The lowest BCUT2D eigenvalue weighted by Gasteiger charge is -2.64. The van der Waals surface area contributed by atoms with Crippen LogP contribution in [-0.4, -0.2) is 77.5 Å². The molecule has 1 aliphatic heterocycles. The number of hydrogen-bond donors (Lipinski definition) is 1. The van der Waals surface area contributed by atoms with Gasteiger partial charge in [-0.25, -0.2) is 4.79 Å². The van der Waals surface area contributed by atoms with Gasteiger partial charge in [-0.3, -0.25) is 14.4 Å². The van der Waals surface area contributed by atoms with Gasteiger partial charge in [0.1, 0.15) is 36.3 Å². The zero-order valence-corrected chi connectivity index (χ0v) is 26.1. The van der Waals surface area contributed by atoms with Gasteiger partial charge < -0.3 is 33.6 Å². The molecule has 238 valence electrons. The lowest BCUT2D eigenvalue weighted by molar-refractivity contribution is -0.338. The number of esters is 4. The zero-order chi connectivity index (χ0) is 32.4. The maximum absolute atomic E-state index is 13.9. The first-order valence-electron chi connectivity index (χ1n) is 14.9. The number of rotatable bonds is 6. The van der Waals surface area contributed by atoms with Gasteiger partial charge in [0.25, 0.3) is 0 Å². The number of benzene rings is 1. The SMILES string of the molecule is CC(=O)O[C@H]1C[C@@]2(O)C(OC(=O)c3ccccc3)C3[C@](C=O)([C@H](OC(C)=O)C(=C1C)C2(C)C)[C@@H](C)C[C@H]1OC[C@@]31OC(C)=O. The molecule has 0 radical (unpaired) electrons. The first kappa shape index (κ1) is 31.8. The number of aldehydes is 1. The van der Waals surface area contributed by atoms with E-state index in [2.05, 4.69) is 0 Å². The molecule has 11 heteroatoms. The second-order valence-electron chi connectivity index (χ2n) is 13.2. The van der Waals surface area contributed by atoms with Gasteiger partial charge in [0.05, 0.1) is 23.5 Å². The molecule has 5 rings (SSSR count). The fourth-order valence-corrected chi connectivity index (χ4v) is 8.50. The van der Waals surface area contributed by atoms with Crippen LogP contribution >= 0.6 is 0 Å². The highest BCUT2D eigenvalue weighted by atomic mass is 16.6. The average Bonchev–Trinajstić information content (AvgIpc) is 2.95. The van der Waals surface area contributed by atoms with Crippen LogP contribution in [0.25, 0.3) is 0 Å². The van der Waals surface area contributed by atoms with E-state index in [1.165, 1.54) is 20.8 Å². The van der Waals surface area contributed by atoms with Crippen LogP contribution in [0.1, 0.15) is 71.7 Å². The third-order valence-corrected chi connectivity index (χ3v) is 10.6. The van der Waals surface area contributed by atoms with E-state index < -0.39 is 82.2 Å². The van der Waals surface area contributed by atoms with Crippen molar-refractivity contribution in [2.75, 3.05) is 6.61 Å². The highest BCUT2D eigenvalue weighted by molar-refractivity contribution is 5.89. The lowest BCUT2D eigenvalue weighted by atomic mass is 9.49. The maximum Gasteiger partial charge on any atom is 0.338 e. The fourth-order valence-electron chi connectivity index (χ4n) is 8.50. The molecule has 0 amide bonds. The van der Waals surface area contributed by atoms with E-state index in [0.717, 1.165) is 0 Å². The molecule has 2 saturated carbocycles. The summed E-state index contributed by atoms with van der Waals surface area (Å²) in [6.07, 6.45) is -3.79. The highest BCUT2D eigenvalue weighted by Crippen LogP contribution is 2.68. The Morgan fingerprint density at radius 1 is 0.977 bits per heavy atom. The van der Waals surface area contributed by atoms with E-state index >= 15 is 0 Å². The second kappa shape index (κ2) is 10.8. The predicted octanol–water partition coefficient (Wildman–Crippen LogP) is 3.11. The average molecular weight is 613 g/mol. The van der Waals surface area contributed by atoms with Crippen molar-refractivity contribution in [3.63, 3.8) is 0 Å². The van der Waals surface area contributed by atoms with Crippen LogP contribution in [0.15, 0.2) is 41.5 Å². The van der Waals surface area contributed by atoms with Crippen LogP contribution in [0, 0.1) is 22.7 Å². The molecule has 1 N–H and O–H groups in total. The van der Waals surface area contributed by atoms with Gasteiger partial charge in [-0.2, -0.15) is 0 Å². The standard InChI is InChI=1S/C33H40O11/c1-17-13-24-32(16-40-24,44-21(5)37)26-28(43-29(38)22-11-9-8-10-12-22)33(39)14-23(41-19(3)35)18(2)25(30(33,6)7)27(42-20(4)36)31(17,26)15-34/h8-12,15,17,23-24,26-28,39H,13-14,16H2,1-7H3/t17-,23-,24+,26?,27+,28?,31+,32-,33+/m0/s1. The Labute approximate surface area is 256 Å². The van der Waals surface area contributed by atoms with E-state index in [4.69, 9.17) is 23.7 Å². The minimum absolute atomic E-state index is 0.141. The van der Waals surface area contributed by atoms with E-state index in [9.17, 15) is 29.1 Å². The smallest absolute Gasteiger partial charge is 0.338 e. The summed E-state index contributed by atoms with van der Waals surface area (Å²) < 4.78 is 30.1. The molecule has 1 saturated heterocycles. The normalized spacial score (nSPS) is 38.5. The molecule has 1 aromatic rings. The Kier molecular flexibility index (Phi) is 7.82. The van der Waals surface area contributed by atoms with Crippen molar-refractivity contribution in [2.45, 2.75) is 96.9 Å². The molecule has 0 aromatic heterocycles. The Hall–Kier alpha value is -3.57. The molecule has 9 atom stereocenters. The second-order valence-corrected chi connectivity index (χ2v) is 13.2. The topological polar surface area (TPSA) is 152 Å². The number of aliphatic hydroxyl groups is 1. The molecular weight excluding hydrogens is 572 g/mol. The predicted molar refractivity (Wildman–Crippen MR) is 153 cm³/mol. The number of fused-ring (bicyclic) bond motifs is 5. The molecule has 3 aliphatic carbocycles. The van der Waals surface area contributed by atoms with Crippen LogP contribution in [0.5, 0.6) is 0 Å². The Bertz CT molecular complexity index is 1420. The van der Waals surface area contributed by atoms with Crippen LogP contribution in [0.2, 0.25) is 0 Å². The molecule has 2 bridgehead atoms. The summed E-state index contributed by atoms with van der Waals surface area (Å²) in [4.78, 5) is 65.6. The van der Waals surface area contributed by atoms with Gasteiger partial charge >= 0.3 is 23.9 Å². The van der Waals surface area contributed by atoms with Gasteiger partial charge in [0, 0.05) is 32.6 Å². The third kappa shape index (κ3) is 4.42. The highest BCUT2D eigenvalue weighted by Gasteiger charge is 2.80. The minimum atomic E-state index is -2.02. The monoisotopic (exact) mass is 612 g/mol. The van der Waals surface area contributed by atoms with Crippen LogP contribution < -0.4 is 0 Å². The first-order valence-corrected chi connectivity index (χ1v) is 14.9. The van der Waals surface area contributed by atoms with Crippen LogP contribution in [0.3, 0.4) is 0 Å². The van der Waals surface area contributed by atoms with Gasteiger partial charge in [-0.15, -0.1) is 0 Å². The van der Waals surface area contributed by atoms with Crippen molar-refractivity contribution in [3.05, 3.63) is 47.0 Å². The zero-order valence-electron chi connectivity index (χ0n) is 26.1. The molecular formula is C33H40O11. The van der Waals surface area contributed by atoms with Crippen LogP contribution in [0.4, 0.5) is 0 Å². The van der Waals surface area contributed by atoms with E-state index in [1.807, 2.05) is 0 Å². The largest absolute Gasteiger partial charge is 0.458 e. The minimum Gasteiger partial charge on any atom is -0.458 e. The van der Waals surface area contributed by atoms with Crippen LogP contribution in [-0.2, 0) is 42.9 Å². The van der Waals surface area contributed by atoms with Gasteiger partial charge in [-0.05, 0) is 42.5 Å². The Morgan fingerprint density at radius 3 is 2.14 bits per heavy atom. The molecule has 1 heterocycles. The summed E-state index contributed by atoms with van der Waals surface area (Å²) in [6.45, 7) is 10.5. The molecule has 2 unspecified atom stereocenters. The molecule has 11 nitrogen and oxygen atoms in total. The van der Waals surface area contributed by atoms with E-state index in [1.54, 1.807) is 58.0 Å². The Morgan fingerprint density at radius 2 is 1.61 bits per heavy atom. The summed E-state index contributed by atoms with van der Waals surface area (Å²) in [5.74, 6) is -4.55. The Balaban J connectivity index is 1.89. The molecule has 44 heavy (non-hydrogen) atoms. The number of ether oxygens (including phenoxy) is 5. The summed E-state index contributed by atoms with van der Waals surface area (Å²) in [7, 11) is 0. The van der Waals surface area contributed by atoms with Crippen molar-refractivity contribution in [1.29, 1.82) is 0 Å². The number of hydrogen-bond acceptors (Lipinski definition) is 11. The first-order chi connectivity index (χ1) is 20.6.